The highest BCUT2D eigenvalue weighted by Crippen LogP contribution is 2.14. The number of carbonyl (C=O) groups excluding carboxylic acids is 3. The quantitative estimate of drug-likeness (QED) is 0.0270. The maximum Gasteiger partial charge on any atom is 0.306 e. The lowest BCUT2D eigenvalue weighted by Crippen LogP contribution is -2.30. The number of ether oxygens (including phenoxy) is 3. The number of esters is 3. The van der Waals surface area contributed by atoms with Gasteiger partial charge < -0.3 is 14.2 Å². The van der Waals surface area contributed by atoms with Crippen molar-refractivity contribution in [1.82, 2.24) is 0 Å². The Kier molecular flexibility index (Phi) is 40.0. The van der Waals surface area contributed by atoms with Crippen LogP contribution in [0.15, 0.2) is 24.3 Å². The van der Waals surface area contributed by atoms with Gasteiger partial charge in [0, 0.05) is 19.3 Å². The molecule has 0 aromatic heterocycles. The van der Waals surface area contributed by atoms with Crippen molar-refractivity contribution in [3.63, 3.8) is 0 Å². The van der Waals surface area contributed by atoms with Crippen LogP contribution in [-0.2, 0) is 28.6 Å². The lowest BCUT2D eigenvalue weighted by molar-refractivity contribution is -0.167. The molecule has 52 heavy (non-hydrogen) atoms. The minimum atomic E-state index is -0.771. The Labute approximate surface area is 322 Å². The van der Waals surface area contributed by atoms with E-state index >= 15 is 0 Å². The molecule has 0 aromatic carbocycles. The number of hydrogen-bond acceptors (Lipinski definition) is 6. The van der Waals surface area contributed by atoms with Crippen LogP contribution < -0.4 is 0 Å². The summed E-state index contributed by atoms with van der Waals surface area (Å²) >= 11 is 0. The molecule has 6 heteroatoms. The predicted molar refractivity (Wildman–Crippen MR) is 219 cm³/mol. The van der Waals surface area contributed by atoms with Gasteiger partial charge >= 0.3 is 17.9 Å². The van der Waals surface area contributed by atoms with E-state index in [-0.39, 0.29) is 31.1 Å². The largest absolute Gasteiger partial charge is 0.462 e. The Morgan fingerprint density at radius 1 is 0.365 bits per heavy atom. The molecule has 0 aliphatic rings. The number of allylic oxidation sites excluding steroid dienone is 4. The average molecular weight is 733 g/mol. The molecular weight excluding hydrogens is 648 g/mol. The predicted octanol–water partition coefficient (Wildman–Crippen LogP) is 14.0. The molecule has 0 N–H and O–H groups in total. The lowest BCUT2D eigenvalue weighted by atomic mass is 10.1. The first-order chi connectivity index (χ1) is 25.5. The first-order valence-electron chi connectivity index (χ1n) is 22.3. The van der Waals surface area contributed by atoms with E-state index < -0.39 is 6.10 Å². The zero-order valence-electron chi connectivity index (χ0n) is 34.6. The normalized spacial score (nSPS) is 12.1. The van der Waals surface area contributed by atoms with Crippen molar-refractivity contribution < 1.29 is 28.6 Å². The number of unbranched alkanes of at least 4 members (excludes halogenated alkanes) is 25. The SMILES string of the molecule is CCCCC/C=C\CCCCCCCC(=O)O[C@@H](COC(=O)CCCCCCC/C=C\CCCCCC)COC(=O)CCCCCCCCCCC. The van der Waals surface area contributed by atoms with E-state index in [0.717, 1.165) is 70.6 Å². The highest BCUT2D eigenvalue weighted by molar-refractivity contribution is 5.71. The summed E-state index contributed by atoms with van der Waals surface area (Å²) in [4.78, 5) is 37.6. The van der Waals surface area contributed by atoms with Crippen molar-refractivity contribution in [1.29, 1.82) is 0 Å². The van der Waals surface area contributed by atoms with E-state index in [1.165, 1.54) is 122 Å². The van der Waals surface area contributed by atoms with Gasteiger partial charge in [-0.1, -0.05) is 167 Å². The second-order valence-electron chi connectivity index (χ2n) is 15.0. The van der Waals surface area contributed by atoms with E-state index in [4.69, 9.17) is 14.2 Å². The van der Waals surface area contributed by atoms with Crippen LogP contribution in [0.1, 0.15) is 233 Å². The minimum Gasteiger partial charge on any atom is -0.462 e. The van der Waals surface area contributed by atoms with Gasteiger partial charge in [-0.05, 0) is 70.6 Å². The minimum absolute atomic E-state index is 0.0750. The second-order valence-corrected chi connectivity index (χ2v) is 15.0. The van der Waals surface area contributed by atoms with Gasteiger partial charge in [0.1, 0.15) is 13.2 Å². The monoisotopic (exact) mass is 733 g/mol. The van der Waals surface area contributed by atoms with Crippen molar-refractivity contribution in [3.8, 4) is 0 Å². The standard InChI is InChI=1S/C46H84O6/c1-4-7-10-13-16-19-21-23-25-27-30-33-36-39-45(48)51-42-43(41-50-44(47)38-35-32-29-26-18-15-12-9-6-3)52-46(49)40-37-34-31-28-24-22-20-17-14-11-8-5-2/h17,19-21,43H,4-16,18,22-42H2,1-3H3/b20-17-,21-19-/t43-/m1/s1. The third-order valence-electron chi connectivity index (χ3n) is 9.68. The van der Waals surface area contributed by atoms with Gasteiger partial charge in [0.05, 0.1) is 0 Å². The van der Waals surface area contributed by atoms with E-state index in [1.807, 2.05) is 0 Å². The van der Waals surface area contributed by atoms with Crippen LogP contribution in [0, 0.1) is 0 Å². The summed E-state index contributed by atoms with van der Waals surface area (Å²) < 4.78 is 16.7. The molecule has 0 aromatic rings. The van der Waals surface area contributed by atoms with E-state index in [0.29, 0.717) is 19.3 Å². The molecule has 0 aliphatic heterocycles. The number of hydrogen-bond donors (Lipinski definition) is 0. The molecule has 304 valence electrons. The highest BCUT2D eigenvalue weighted by atomic mass is 16.6. The van der Waals surface area contributed by atoms with Crippen LogP contribution >= 0.6 is 0 Å². The van der Waals surface area contributed by atoms with Crippen molar-refractivity contribution >= 4 is 17.9 Å². The summed E-state index contributed by atoms with van der Waals surface area (Å²) in [7, 11) is 0. The maximum atomic E-state index is 12.7. The fourth-order valence-electron chi connectivity index (χ4n) is 6.25. The van der Waals surface area contributed by atoms with Crippen molar-refractivity contribution in [3.05, 3.63) is 24.3 Å². The maximum absolute atomic E-state index is 12.7. The zero-order valence-corrected chi connectivity index (χ0v) is 34.6. The molecule has 0 unspecified atom stereocenters. The van der Waals surface area contributed by atoms with Gasteiger partial charge in [0.2, 0.25) is 0 Å². The summed E-state index contributed by atoms with van der Waals surface area (Å²) in [5, 5.41) is 0. The highest BCUT2D eigenvalue weighted by Gasteiger charge is 2.19. The molecule has 0 fully saturated rings. The van der Waals surface area contributed by atoms with Gasteiger partial charge in [-0.15, -0.1) is 0 Å². The Hall–Kier alpha value is -2.11. The summed E-state index contributed by atoms with van der Waals surface area (Å²) in [5.41, 5.74) is 0. The van der Waals surface area contributed by atoms with Gasteiger partial charge in [-0.25, -0.2) is 0 Å². The zero-order chi connectivity index (χ0) is 38.0. The lowest BCUT2D eigenvalue weighted by Gasteiger charge is -2.18. The molecule has 1 atom stereocenters. The van der Waals surface area contributed by atoms with E-state index in [2.05, 4.69) is 45.1 Å². The van der Waals surface area contributed by atoms with E-state index in [1.54, 1.807) is 0 Å². The number of carbonyl (C=O) groups is 3. The van der Waals surface area contributed by atoms with Crippen molar-refractivity contribution in [2.75, 3.05) is 13.2 Å². The summed E-state index contributed by atoms with van der Waals surface area (Å²) in [6.45, 7) is 6.56. The molecule has 0 bridgehead atoms. The topological polar surface area (TPSA) is 78.9 Å². The fourth-order valence-corrected chi connectivity index (χ4v) is 6.25. The molecular formula is C46H84O6. The average Bonchev–Trinajstić information content (AvgIpc) is 3.14. The Morgan fingerprint density at radius 3 is 1.02 bits per heavy atom. The Bertz CT molecular complexity index is 850. The van der Waals surface area contributed by atoms with Gasteiger partial charge in [0.25, 0.3) is 0 Å². The van der Waals surface area contributed by atoms with Crippen molar-refractivity contribution in [2.24, 2.45) is 0 Å². The molecule has 0 heterocycles. The molecule has 0 aliphatic carbocycles. The molecule has 6 nitrogen and oxygen atoms in total. The third-order valence-corrected chi connectivity index (χ3v) is 9.68. The first kappa shape index (κ1) is 49.9. The van der Waals surface area contributed by atoms with Crippen LogP contribution in [-0.4, -0.2) is 37.2 Å². The molecule has 0 radical (unpaired) electrons. The summed E-state index contributed by atoms with van der Waals surface area (Å²) in [6, 6.07) is 0. The summed E-state index contributed by atoms with van der Waals surface area (Å²) in [5.74, 6) is -0.894. The van der Waals surface area contributed by atoms with E-state index in [9.17, 15) is 14.4 Å². The number of rotatable bonds is 40. The molecule has 0 rings (SSSR count). The third kappa shape index (κ3) is 39.1. The molecule has 0 saturated heterocycles. The Morgan fingerprint density at radius 2 is 0.635 bits per heavy atom. The fraction of sp³-hybridized carbons (Fsp3) is 0.848. The van der Waals surface area contributed by atoms with Crippen LogP contribution in [0.2, 0.25) is 0 Å². The second kappa shape index (κ2) is 41.6. The van der Waals surface area contributed by atoms with Gasteiger partial charge in [0.15, 0.2) is 6.10 Å². The Balaban J connectivity index is 4.37. The van der Waals surface area contributed by atoms with Gasteiger partial charge in [-0.3, -0.25) is 14.4 Å². The van der Waals surface area contributed by atoms with Gasteiger partial charge in [-0.2, -0.15) is 0 Å². The van der Waals surface area contributed by atoms with Crippen LogP contribution in [0.3, 0.4) is 0 Å². The first-order valence-corrected chi connectivity index (χ1v) is 22.3. The molecule has 0 spiro atoms. The molecule has 0 saturated carbocycles. The van der Waals surface area contributed by atoms with Crippen molar-refractivity contribution in [2.45, 2.75) is 239 Å². The van der Waals surface area contributed by atoms with Crippen LogP contribution in [0.25, 0.3) is 0 Å². The summed E-state index contributed by atoms with van der Waals surface area (Å²) in [6.07, 6.45) is 44.4. The van der Waals surface area contributed by atoms with Crippen LogP contribution in [0.5, 0.6) is 0 Å². The molecule has 0 amide bonds. The smallest absolute Gasteiger partial charge is 0.306 e. The van der Waals surface area contributed by atoms with Crippen LogP contribution in [0.4, 0.5) is 0 Å².